The first-order chi connectivity index (χ1) is 9.21. The normalized spacial score (nSPS) is 18.2. The second kappa shape index (κ2) is 6.16. The largest absolute Gasteiger partial charge is 0.394 e. The van der Waals surface area contributed by atoms with Crippen LogP contribution in [0.15, 0.2) is 17.2 Å². The Labute approximate surface area is 112 Å². The summed E-state index contributed by atoms with van der Waals surface area (Å²) in [6.07, 6.45) is 5.54. The van der Waals surface area contributed by atoms with E-state index in [1.54, 1.807) is 17.0 Å². The molecule has 106 valence electrons. The number of anilines is 1. The molecule has 0 aliphatic carbocycles. The van der Waals surface area contributed by atoms with Gasteiger partial charge in [0.25, 0.3) is 5.56 Å². The molecule has 19 heavy (non-hydrogen) atoms. The molecule has 1 aromatic heterocycles. The van der Waals surface area contributed by atoms with Crippen molar-refractivity contribution in [3.63, 3.8) is 0 Å². The lowest BCUT2D eigenvalue weighted by Gasteiger charge is -2.36. The summed E-state index contributed by atoms with van der Waals surface area (Å²) in [5, 5.41) is 12.7. The number of ether oxygens (including phenoxy) is 1. The van der Waals surface area contributed by atoms with Crippen LogP contribution in [0.4, 0.5) is 5.82 Å². The molecule has 2 heterocycles. The summed E-state index contributed by atoms with van der Waals surface area (Å²) >= 11 is 0. The Morgan fingerprint density at radius 3 is 2.89 bits per heavy atom. The molecule has 2 rings (SSSR count). The summed E-state index contributed by atoms with van der Waals surface area (Å²) in [5.41, 5.74) is -0.626. The first kappa shape index (κ1) is 14.0. The van der Waals surface area contributed by atoms with Gasteiger partial charge in [-0.15, -0.1) is 0 Å². The molecule has 0 amide bonds. The highest BCUT2D eigenvalue weighted by atomic mass is 16.5. The highest BCUT2D eigenvalue weighted by molar-refractivity contribution is 5.35. The van der Waals surface area contributed by atoms with Crippen LogP contribution in [0, 0.1) is 0 Å². The maximum absolute atomic E-state index is 12.2. The summed E-state index contributed by atoms with van der Waals surface area (Å²) in [4.78, 5) is 16.3. The molecule has 2 N–H and O–H groups in total. The van der Waals surface area contributed by atoms with Crippen molar-refractivity contribution < 1.29 is 9.84 Å². The molecule has 1 fully saturated rings. The van der Waals surface area contributed by atoms with Gasteiger partial charge in [-0.1, -0.05) is 6.92 Å². The van der Waals surface area contributed by atoms with Crippen molar-refractivity contribution in [2.45, 2.75) is 38.3 Å². The van der Waals surface area contributed by atoms with Crippen LogP contribution in [0.5, 0.6) is 0 Å². The lowest BCUT2D eigenvalue weighted by atomic mass is 9.91. The van der Waals surface area contributed by atoms with E-state index in [0.717, 1.165) is 6.42 Å². The van der Waals surface area contributed by atoms with E-state index < -0.39 is 5.54 Å². The van der Waals surface area contributed by atoms with Crippen molar-refractivity contribution in [1.29, 1.82) is 0 Å². The Balaban J connectivity index is 2.22. The van der Waals surface area contributed by atoms with Crippen LogP contribution < -0.4 is 10.9 Å². The summed E-state index contributed by atoms with van der Waals surface area (Å²) in [5.74, 6) is 0.312. The maximum Gasteiger partial charge on any atom is 0.293 e. The Morgan fingerprint density at radius 1 is 1.53 bits per heavy atom. The second-order valence-electron chi connectivity index (χ2n) is 4.95. The van der Waals surface area contributed by atoms with Crippen LogP contribution in [0.25, 0.3) is 0 Å². The third-order valence-electron chi connectivity index (χ3n) is 3.51. The number of hydrogen-bond donors (Lipinski definition) is 2. The van der Waals surface area contributed by atoms with E-state index in [1.165, 1.54) is 0 Å². The lowest BCUT2D eigenvalue weighted by molar-refractivity contribution is 0.0378. The van der Waals surface area contributed by atoms with Crippen molar-refractivity contribution in [2.24, 2.45) is 0 Å². The van der Waals surface area contributed by atoms with E-state index in [-0.39, 0.29) is 12.2 Å². The van der Waals surface area contributed by atoms with Gasteiger partial charge in [-0.2, -0.15) is 0 Å². The van der Waals surface area contributed by atoms with E-state index in [0.29, 0.717) is 38.4 Å². The van der Waals surface area contributed by atoms with Crippen LogP contribution in [0.2, 0.25) is 0 Å². The number of nitrogens with zero attached hydrogens (tertiary/aromatic N) is 2. The summed E-state index contributed by atoms with van der Waals surface area (Å²) in [6.45, 7) is 3.84. The second-order valence-corrected chi connectivity index (χ2v) is 4.95. The Kier molecular flexibility index (Phi) is 4.55. The Bertz CT molecular complexity index is 466. The molecule has 0 atom stereocenters. The minimum atomic E-state index is -0.490. The number of aryl methyl sites for hydroxylation is 1. The fourth-order valence-electron chi connectivity index (χ4n) is 2.29. The molecular weight excluding hydrogens is 246 g/mol. The zero-order valence-corrected chi connectivity index (χ0v) is 11.3. The van der Waals surface area contributed by atoms with Gasteiger partial charge in [0.2, 0.25) is 0 Å². The predicted octanol–water partition coefficient (Wildman–Crippen LogP) is 0.607. The van der Waals surface area contributed by atoms with E-state index in [9.17, 15) is 9.90 Å². The fourth-order valence-corrected chi connectivity index (χ4v) is 2.29. The summed E-state index contributed by atoms with van der Waals surface area (Å²) in [6, 6.07) is 0. The third kappa shape index (κ3) is 3.13. The number of rotatable bonds is 5. The van der Waals surface area contributed by atoms with Gasteiger partial charge in [-0.3, -0.25) is 4.79 Å². The average Bonchev–Trinajstić information content (AvgIpc) is 2.45. The van der Waals surface area contributed by atoms with Crippen LogP contribution in [0.3, 0.4) is 0 Å². The Morgan fingerprint density at radius 2 is 2.26 bits per heavy atom. The van der Waals surface area contributed by atoms with E-state index in [2.05, 4.69) is 10.3 Å². The molecule has 0 aromatic carbocycles. The van der Waals surface area contributed by atoms with Crippen LogP contribution in [-0.4, -0.2) is 40.0 Å². The van der Waals surface area contributed by atoms with Crippen molar-refractivity contribution in [3.8, 4) is 0 Å². The minimum Gasteiger partial charge on any atom is -0.394 e. The molecule has 1 aliphatic heterocycles. The highest BCUT2D eigenvalue weighted by Gasteiger charge is 2.33. The molecule has 0 unspecified atom stereocenters. The molecular formula is C13H21N3O3. The van der Waals surface area contributed by atoms with E-state index in [4.69, 9.17) is 4.74 Å². The average molecular weight is 267 g/mol. The number of aromatic nitrogens is 2. The SMILES string of the molecule is CCCn1ccnc(NC2(CO)CCOCC2)c1=O. The molecule has 1 aliphatic rings. The fraction of sp³-hybridized carbons (Fsp3) is 0.692. The molecule has 1 saturated heterocycles. The molecule has 1 aromatic rings. The number of nitrogens with one attached hydrogen (secondary N) is 1. The number of aliphatic hydroxyl groups excluding tert-OH is 1. The zero-order valence-electron chi connectivity index (χ0n) is 11.3. The van der Waals surface area contributed by atoms with Gasteiger partial charge in [-0.05, 0) is 19.3 Å². The molecule has 6 nitrogen and oxygen atoms in total. The molecule has 6 heteroatoms. The van der Waals surface area contributed by atoms with Crippen molar-refractivity contribution in [3.05, 3.63) is 22.7 Å². The smallest absolute Gasteiger partial charge is 0.293 e. The van der Waals surface area contributed by atoms with Gasteiger partial charge < -0.3 is 19.7 Å². The molecule has 0 spiro atoms. The van der Waals surface area contributed by atoms with Gasteiger partial charge in [0.05, 0.1) is 12.1 Å². The Hall–Kier alpha value is -1.40. The van der Waals surface area contributed by atoms with Crippen LogP contribution in [0.1, 0.15) is 26.2 Å². The van der Waals surface area contributed by atoms with E-state index in [1.807, 2.05) is 6.92 Å². The van der Waals surface area contributed by atoms with Crippen LogP contribution in [-0.2, 0) is 11.3 Å². The van der Waals surface area contributed by atoms with Gasteiger partial charge in [-0.25, -0.2) is 4.98 Å². The minimum absolute atomic E-state index is 0.0276. The molecule has 0 radical (unpaired) electrons. The first-order valence-electron chi connectivity index (χ1n) is 6.73. The molecule has 0 saturated carbocycles. The quantitative estimate of drug-likeness (QED) is 0.817. The summed E-state index contributed by atoms with van der Waals surface area (Å²) < 4.78 is 6.94. The van der Waals surface area contributed by atoms with Crippen molar-refractivity contribution in [2.75, 3.05) is 25.1 Å². The van der Waals surface area contributed by atoms with Crippen molar-refractivity contribution >= 4 is 5.82 Å². The van der Waals surface area contributed by atoms with Crippen LogP contribution >= 0.6 is 0 Å². The topological polar surface area (TPSA) is 76.4 Å². The van der Waals surface area contributed by atoms with Gasteiger partial charge in [0, 0.05) is 32.2 Å². The highest BCUT2D eigenvalue weighted by Crippen LogP contribution is 2.23. The number of hydrogen-bond acceptors (Lipinski definition) is 5. The third-order valence-corrected chi connectivity index (χ3v) is 3.51. The van der Waals surface area contributed by atoms with Crippen molar-refractivity contribution in [1.82, 2.24) is 9.55 Å². The lowest BCUT2D eigenvalue weighted by Crippen LogP contribution is -2.48. The standard InChI is InChI=1S/C13H21N3O3/c1-2-6-16-7-5-14-11(12(16)18)15-13(10-17)3-8-19-9-4-13/h5,7,17H,2-4,6,8-10H2,1H3,(H,14,15). The van der Waals surface area contributed by atoms with Gasteiger partial charge in [0.1, 0.15) is 0 Å². The predicted molar refractivity (Wildman–Crippen MR) is 72.3 cm³/mol. The maximum atomic E-state index is 12.2. The van der Waals surface area contributed by atoms with Gasteiger partial charge >= 0.3 is 0 Å². The molecule has 0 bridgehead atoms. The zero-order chi connectivity index (χ0) is 13.7. The number of aliphatic hydroxyl groups is 1. The monoisotopic (exact) mass is 267 g/mol. The summed E-state index contributed by atoms with van der Waals surface area (Å²) in [7, 11) is 0. The first-order valence-corrected chi connectivity index (χ1v) is 6.73. The van der Waals surface area contributed by atoms with E-state index >= 15 is 0 Å². The van der Waals surface area contributed by atoms with Gasteiger partial charge in [0.15, 0.2) is 5.82 Å².